The Balaban J connectivity index is 0.000000202. The Morgan fingerprint density at radius 2 is 1.94 bits per heavy atom. The van der Waals surface area contributed by atoms with E-state index in [2.05, 4.69) is 5.32 Å². The van der Waals surface area contributed by atoms with Gasteiger partial charge in [0.15, 0.2) is 0 Å². The summed E-state index contributed by atoms with van der Waals surface area (Å²) < 4.78 is 31.2. The Hall–Kier alpha value is -0.950. The number of benzene rings is 1. The van der Waals surface area contributed by atoms with Gasteiger partial charge in [-0.15, -0.1) is 0 Å². The van der Waals surface area contributed by atoms with Gasteiger partial charge in [0.25, 0.3) is 0 Å². The number of aliphatic hydroxyl groups is 1. The Kier molecular flexibility index (Phi) is 5.07. The minimum absolute atomic E-state index is 0.0648. The standard InChI is InChI=1S/C7H8O3S.C4H9NO/c1-6-2-4-7(5-3-6)11(8,9)10;6-4-1-2-5-3-4/h2-5H,1H3,(H,8,9,10);4-6H,1-3H2/p-1/t;4-/m.0/s1. The summed E-state index contributed by atoms with van der Waals surface area (Å²) in [6.07, 6.45) is 0.866. The third kappa shape index (κ3) is 5.27. The fourth-order valence-electron chi connectivity index (χ4n) is 1.34. The molecule has 1 aromatic carbocycles. The quantitative estimate of drug-likeness (QED) is 0.704. The summed E-state index contributed by atoms with van der Waals surface area (Å²) in [7, 11) is -4.27. The molecule has 0 spiro atoms. The maximum atomic E-state index is 10.4. The van der Waals surface area contributed by atoms with Crippen LogP contribution in [0.3, 0.4) is 0 Å². The van der Waals surface area contributed by atoms with E-state index in [0.717, 1.165) is 25.1 Å². The molecule has 6 heteroatoms. The molecule has 1 aliphatic heterocycles. The molecule has 5 nitrogen and oxygen atoms in total. The van der Waals surface area contributed by atoms with Crippen molar-refractivity contribution in [1.29, 1.82) is 0 Å². The first-order chi connectivity index (χ1) is 7.89. The second kappa shape index (κ2) is 6.11. The third-order valence-corrected chi connectivity index (χ3v) is 3.19. The molecule has 1 fully saturated rings. The van der Waals surface area contributed by atoms with E-state index >= 15 is 0 Å². The molecule has 1 atom stereocenters. The van der Waals surface area contributed by atoms with Gasteiger partial charge in [0.1, 0.15) is 10.1 Å². The van der Waals surface area contributed by atoms with Crippen LogP contribution in [0.5, 0.6) is 0 Å². The van der Waals surface area contributed by atoms with Crippen molar-refractivity contribution in [1.82, 2.24) is 5.32 Å². The summed E-state index contributed by atoms with van der Waals surface area (Å²) in [6.45, 7) is 3.60. The highest BCUT2D eigenvalue weighted by atomic mass is 32.2. The summed E-state index contributed by atoms with van der Waals surface area (Å²) in [6, 6.07) is 5.78. The molecular formula is C11H16NO4S-. The van der Waals surface area contributed by atoms with Crippen molar-refractivity contribution in [2.45, 2.75) is 24.3 Å². The summed E-state index contributed by atoms with van der Waals surface area (Å²) >= 11 is 0. The van der Waals surface area contributed by atoms with Crippen LogP contribution < -0.4 is 5.32 Å². The van der Waals surface area contributed by atoms with Crippen molar-refractivity contribution >= 4 is 10.1 Å². The SMILES string of the molecule is Cc1ccc(S(=O)(=O)[O-])cc1.O[C@H]1CCNC1. The van der Waals surface area contributed by atoms with Crippen LogP contribution in [0.2, 0.25) is 0 Å². The van der Waals surface area contributed by atoms with E-state index in [1.165, 1.54) is 12.1 Å². The van der Waals surface area contributed by atoms with Gasteiger partial charge in [-0.25, -0.2) is 8.42 Å². The molecule has 96 valence electrons. The van der Waals surface area contributed by atoms with E-state index in [1.54, 1.807) is 12.1 Å². The Morgan fingerprint density at radius 3 is 2.24 bits per heavy atom. The predicted octanol–water partition coefficient (Wildman–Crippen LogP) is 0.240. The maximum Gasteiger partial charge on any atom is 0.124 e. The summed E-state index contributed by atoms with van der Waals surface area (Å²) in [4.78, 5) is -0.178. The molecule has 0 radical (unpaired) electrons. The molecule has 1 saturated heterocycles. The number of aliphatic hydroxyl groups excluding tert-OH is 1. The van der Waals surface area contributed by atoms with E-state index in [4.69, 9.17) is 5.11 Å². The number of β-amino-alcohol motifs (C(OH)–C–C–N with tert-alkyl or cyclic N) is 1. The fraction of sp³-hybridized carbons (Fsp3) is 0.455. The van der Waals surface area contributed by atoms with Gasteiger partial charge in [0.2, 0.25) is 0 Å². The van der Waals surface area contributed by atoms with Crippen LogP contribution in [-0.4, -0.2) is 37.3 Å². The summed E-state index contributed by atoms with van der Waals surface area (Å²) in [5.74, 6) is 0. The Bertz CT molecular complexity index is 435. The minimum atomic E-state index is -4.27. The average Bonchev–Trinajstić information content (AvgIpc) is 2.69. The molecule has 2 N–H and O–H groups in total. The van der Waals surface area contributed by atoms with Crippen molar-refractivity contribution < 1.29 is 18.1 Å². The van der Waals surface area contributed by atoms with E-state index in [9.17, 15) is 13.0 Å². The third-order valence-electron chi connectivity index (χ3n) is 2.34. The predicted molar refractivity (Wildman–Crippen MR) is 62.6 cm³/mol. The molecule has 1 heterocycles. The van der Waals surface area contributed by atoms with E-state index in [1.807, 2.05) is 6.92 Å². The first-order valence-corrected chi connectivity index (χ1v) is 6.72. The van der Waals surface area contributed by atoms with Crippen LogP contribution >= 0.6 is 0 Å². The zero-order chi connectivity index (χ0) is 12.9. The smallest absolute Gasteiger partial charge is 0.124 e. The number of rotatable bonds is 1. The molecule has 1 aromatic rings. The Morgan fingerprint density at radius 1 is 1.35 bits per heavy atom. The first kappa shape index (κ1) is 14.1. The second-order valence-corrected chi connectivity index (χ2v) is 5.29. The van der Waals surface area contributed by atoms with E-state index < -0.39 is 10.1 Å². The van der Waals surface area contributed by atoms with Crippen LogP contribution in [0, 0.1) is 6.92 Å². The Labute approximate surface area is 101 Å². The molecular weight excluding hydrogens is 242 g/mol. The zero-order valence-corrected chi connectivity index (χ0v) is 10.4. The number of nitrogens with one attached hydrogen (secondary N) is 1. The molecule has 2 rings (SSSR count). The van der Waals surface area contributed by atoms with Gasteiger partial charge in [0.05, 0.1) is 11.0 Å². The number of hydrogen-bond donors (Lipinski definition) is 2. The lowest BCUT2D eigenvalue weighted by molar-refractivity contribution is 0.196. The lowest BCUT2D eigenvalue weighted by Gasteiger charge is -2.05. The van der Waals surface area contributed by atoms with Crippen molar-refractivity contribution in [3.05, 3.63) is 29.8 Å². The van der Waals surface area contributed by atoms with Crippen molar-refractivity contribution in [3.63, 3.8) is 0 Å². The van der Waals surface area contributed by atoms with Crippen LogP contribution in [-0.2, 0) is 10.1 Å². The number of aryl methyl sites for hydroxylation is 1. The zero-order valence-electron chi connectivity index (χ0n) is 9.59. The summed E-state index contributed by atoms with van der Waals surface area (Å²) in [5.41, 5.74) is 0.928. The van der Waals surface area contributed by atoms with Gasteiger partial charge in [0, 0.05) is 6.54 Å². The first-order valence-electron chi connectivity index (χ1n) is 5.31. The molecule has 0 aromatic heterocycles. The highest BCUT2D eigenvalue weighted by molar-refractivity contribution is 7.85. The average molecular weight is 258 g/mol. The monoisotopic (exact) mass is 258 g/mol. The van der Waals surface area contributed by atoms with Crippen LogP contribution in [0.1, 0.15) is 12.0 Å². The summed E-state index contributed by atoms with van der Waals surface area (Å²) in [5, 5.41) is 11.7. The fourth-order valence-corrected chi connectivity index (χ4v) is 1.81. The second-order valence-electron chi connectivity index (χ2n) is 3.91. The minimum Gasteiger partial charge on any atom is -0.744 e. The van der Waals surface area contributed by atoms with Crippen molar-refractivity contribution in [3.8, 4) is 0 Å². The lowest BCUT2D eigenvalue weighted by atomic mass is 10.2. The molecule has 17 heavy (non-hydrogen) atoms. The van der Waals surface area contributed by atoms with Gasteiger partial charge < -0.3 is 15.0 Å². The van der Waals surface area contributed by atoms with Crippen LogP contribution in [0.15, 0.2) is 29.2 Å². The van der Waals surface area contributed by atoms with E-state index in [0.29, 0.717) is 0 Å². The lowest BCUT2D eigenvalue weighted by Crippen LogP contribution is -2.11. The van der Waals surface area contributed by atoms with Crippen molar-refractivity contribution in [2.24, 2.45) is 0 Å². The van der Waals surface area contributed by atoms with Gasteiger partial charge in [-0.05, 0) is 32.0 Å². The maximum absolute atomic E-state index is 10.4. The van der Waals surface area contributed by atoms with Gasteiger partial charge in [-0.2, -0.15) is 0 Å². The normalized spacial score (nSPS) is 19.6. The molecule has 0 unspecified atom stereocenters. The van der Waals surface area contributed by atoms with Gasteiger partial charge >= 0.3 is 0 Å². The van der Waals surface area contributed by atoms with E-state index in [-0.39, 0.29) is 11.0 Å². The highest BCUT2D eigenvalue weighted by Gasteiger charge is 2.08. The van der Waals surface area contributed by atoms with Gasteiger partial charge in [-0.1, -0.05) is 17.7 Å². The van der Waals surface area contributed by atoms with Crippen molar-refractivity contribution in [2.75, 3.05) is 13.1 Å². The molecule has 0 bridgehead atoms. The topological polar surface area (TPSA) is 89.5 Å². The molecule has 1 aliphatic rings. The number of hydrogen-bond acceptors (Lipinski definition) is 5. The van der Waals surface area contributed by atoms with Crippen LogP contribution in [0.4, 0.5) is 0 Å². The molecule has 0 saturated carbocycles. The van der Waals surface area contributed by atoms with Crippen LogP contribution in [0.25, 0.3) is 0 Å². The highest BCUT2D eigenvalue weighted by Crippen LogP contribution is 2.08. The molecule has 0 aliphatic carbocycles. The largest absolute Gasteiger partial charge is 0.744 e. The molecule has 0 amide bonds. The van der Waals surface area contributed by atoms with Gasteiger partial charge in [-0.3, -0.25) is 0 Å².